The summed E-state index contributed by atoms with van der Waals surface area (Å²) >= 11 is 5.99. The molecule has 4 nitrogen and oxygen atoms in total. The Morgan fingerprint density at radius 3 is 2.55 bits per heavy atom. The highest BCUT2D eigenvalue weighted by Gasteiger charge is 2.15. The SMILES string of the molecule is C[C@H](Oc1ccccc1Cl)C(=O)NCCOc1ccccc1. The van der Waals surface area contributed by atoms with Crippen LogP contribution in [0, 0.1) is 0 Å². The summed E-state index contributed by atoms with van der Waals surface area (Å²) in [7, 11) is 0. The van der Waals surface area contributed by atoms with Gasteiger partial charge in [-0.25, -0.2) is 0 Å². The maximum absolute atomic E-state index is 11.9. The van der Waals surface area contributed by atoms with Gasteiger partial charge in [0, 0.05) is 0 Å². The van der Waals surface area contributed by atoms with Gasteiger partial charge in [0.05, 0.1) is 11.6 Å². The normalized spacial score (nSPS) is 11.5. The second kappa shape index (κ2) is 8.29. The second-order valence-electron chi connectivity index (χ2n) is 4.64. The molecule has 0 spiro atoms. The van der Waals surface area contributed by atoms with Gasteiger partial charge in [0.2, 0.25) is 0 Å². The maximum atomic E-state index is 11.9. The molecule has 0 heterocycles. The third-order valence-electron chi connectivity index (χ3n) is 2.92. The third-order valence-corrected chi connectivity index (χ3v) is 3.24. The van der Waals surface area contributed by atoms with E-state index in [1.807, 2.05) is 30.3 Å². The molecule has 0 fully saturated rings. The highest BCUT2D eigenvalue weighted by Crippen LogP contribution is 2.24. The summed E-state index contributed by atoms with van der Waals surface area (Å²) in [6, 6.07) is 16.5. The minimum absolute atomic E-state index is 0.211. The van der Waals surface area contributed by atoms with Gasteiger partial charge in [-0.3, -0.25) is 4.79 Å². The number of carbonyl (C=O) groups is 1. The van der Waals surface area contributed by atoms with Crippen molar-refractivity contribution in [3.05, 3.63) is 59.6 Å². The summed E-state index contributed by atoms with van der Waals surface area (Å²) in [5, 5.41) is 3.24. The van der Waals surface area contributed by atoms with Crippen LogP contribution in [0.1, 0.15) is 6.92 Å². The average molecular weight is 320 g/mol. The largest absolute Gasteiger partial charge is 0.492 e. The van der Waals surface area contributed by atoms with E-state index in [0.717, 1.165) is 5.75 Å². The molecule has 1 amide bonds. The Hall–Kier alpha value is -2.20. The van der Waals surface area contributed by atoms with Crippen LogP contribution < -0.4 is 14.8 Å². The predicted molar refractivity (Wildman–Crippen MR) is 86.5 cm³/mol. The molecular formula is C17H18ClNO3. The summed E-state index contributed by atoms with van der Waals surface area (Å²) in [6.07, 6.45) is -0.628. The number of rotatable bonds is 7. The molecule has 2 rings (SSSR count). The fourth-order valence-corrected chi connectivity index (χ4v) is 1.97. The molecule has 0 unspecified atom stereocenters. The number of halogens is 1. The van der Waals surface area contributed by atoms with Crippen molar-refractivity contribution in [2.45, 2.75) is 13.0 Å². The summed E-state index contributed by atoms with van der Waals surface area (Å²) < 4.78 is 11.0. The maximum Gasteiger partial charge on any atom is 0.260 e. The molecule has 1 N–H and O–H groups in total. The van der Waals surface area contributed by atoms with Gasteiger partial charge in [0.15, 0.2) is 6.10 Å². The minimum Gasteiger partial charge on any atom is -0.492 e. The Morgan fingerprint density at radius 2 is 1.82 bits per heavy atom. The first-order chi connectivity index (χ1) is 10.7. The number of nitrogens with one attached hydrogen (secondary N) is 1. The average Bonchev–Trinajstić information content (AvgIpc) is 2.54. The Labute approximate surface area is 135 Å². The zero-order valence-electron chi connectivity index (χ0n) is 12.3. The van der Waals surface area contributed by atoms with E-state index in [0.29, 0.717) is 23.9 Å². The van der Waals surface area contributed by atoms with Crippen LogP contribution in [0.3, 0.4) is 0 Å². The molecule has 5 heteroatoms. The molecule has 0 aliphatic carbocycles. The summed E-state index contributed by atoms with van der Waals surface area (Å²) in [5.74, 6) is 1.06. The Balaban J connectivity index is 1.71. The number of hydrogen-bond acceptors (Lipinski definition) is 3. The Morgan fingerprint density at radius 1 is 1.14 bits per heavy atom. The van der Waals surface area contributed by atoms with E-state index in [1.54, 1.807) is 31.2 Å². The fraction of sp³-hybridized carbons (Fsp3) is 0.235. The molecule has 0 aromatic heterocycles. The van der Waals surface area contributed by atoms with E-state index in [-0.39, 0.29) is 5.91 Å². The molecule has 2 aromatic carbocycles. The van der Waals surface area contributed by atoms with Crippen LogP contribution in [-0.4, -0.2) is 25.2 Å². The smallest absolute Gasteiger partial charge is 0.260 e. The number of ether oxygens (including phenoxy) is 2. The number of carbonyl (C=O) groups excluding carboxylic acids is 1. The van der Waals surface area contributed by atoms with Gasteiger partial charge in [-0.1, -0.05) is 41.9 Å². The van der Waals surface area contributed by atoms with Gasteiger partial charge in [0.25, 0.3) is 5.91 Å². The monoisotopic (exact) mass is 319 g/mol. The van der Waals surface area contributed by atoms with Gasteiger partial charge in [-0.15, -0.1) is 0 Å². The molecule has 0 aliphatic rings. The van der Waals surface area contributed by atoms with E-state index >= 15 is 0 Å². The van der Waals surface area contributed by atoms with Crippen molar-refractivity contribution in [3.8, 4) is 11.5 Å². The van der Waals surface area contributed by atoms with Crippen molar-refractivity contribution >= 4 is 17.5 Å². The van der Waals surface area contributed by atoms with Crippen molar-refractivity contribution in [1.82, 2.24) is 5.32 Å². The van der Waals surface area contributed by atoms with Crippen LogP contribution in [-0.2, 0) is 4.79 Å². The highest BCUT2D eigenvalue weighted by molar-refractivity contribution is 6.32. The fourth-order valence-electron chi connectivity index (χ4n) is 1.79. The van der Waals surface area contributed by atoms with E-state index in [4.69, 9.17) is 21.1 Å². The van der Waals surface area contributed by atoms with Crippen LogP contribution in [0.4, 0.5) is 0 Å². The van der Waals surface area contributed by atoms with Gasteiger partial charge in [-0.2, -0.15) is 0 Å². The van der Waals surface area contributed by atoms with Crippen LogP contribution in [0.25, 0.3) is 0 Å². The minimum atomic E-state index is -0.628. The van der Waals surface area contributed by atoms with Gasteiger partial charge < -0.3 is 14.8 Å². The molecule has 0 saturated heterocycles. The highest BCUT2D eigenvalue weighted by atomic mass is 35.5. The zero-order valence-corrected chi connectivity index (χ0v) is 13.0. The molecule has 0 saturated carbocycles. The van der Waals surface area contributed by atoms with Gasteiger partial charge >= 0.3 is 0 Å². The molecule has 1 atom stereocenters. The lowest BCUT2D eigenvalue weighted by molar-refractivity contribution is -0.127. The first-order valence-electron chi connectivity index (χ1n) is 7.03. The van der Waals surface area contributed by atoms with E-state index in [1.165, 1.54) is 0 Å². The second-order valence-corrected chi connectivity index (χ2v) is 5.05. The van der Waals surface area contributed by atoms with Crippen LogP contribution in [0.5, 0.6) is 11.5 Å². The van der Waals surface area contributed by atoms with E-state index in [9.17, 15) is 4.79 Å². The molecule has 0 bridgehead atoms. The molecule has 116 valence electrons. The molecular weight excluding hydrogens is 302 g/mol. The van der Waals surface area contributed by atoms with Gasteiger partial charge in [0.1, 0.15) is 18.1 Å². The molecule has 22 heavy (non-hydrogen) atoms. The number of para-hydroxylation sites is 2. The van der Waals surface area contributed by atoms with Crippen LogP contribution in [0.2, 0.25) is 5.02 Å². The standard InChI is InChI=1S/C17H18ClNO3/c1-13(22-16-10-6-5-9-15(16)18)17(20)19-11-12-21-14-7-3-2-4-8-14/h2-10,13H,11-12H2,1H3,(H,19,20)/t13-/m0/s1. The molecule has 0 radical (unpaired) electrons. The van der Waals surface area contributed by atoms with E-state index in [2.05, 4.69) is 5.32 Å². The first kappa shape index (κ1) is 16.2. The lowest BCUT2D eigenvalue weighted by Crippen LogP contribution is -2.38. The van der Waals surface area contributed by atoms with Gasteiger partial charge in [-0.05, 0) is 31.2 Å². The Bertz CT molecular complexity index is 604. The molecule has 2 aromatic rings. The zero-order chi connectivity index (χ0) is 15.8. The first-order valence-corrected chi connectivity index (χ1v) is 7.41. The number of hydrogen-bond donors (Lipinski definition) is 1. The number of benzene rings is 2. The van der Waals surface area contributed by atoms with Crippen molar-refractivity contribution in [1.29, 1.82) is 0 Å². The quantitative estimate of drug-likeness (QED) is 0.797. The van der Waals surface area contributed by atoms with Crippen molar-refractivity contribution in [2.75, 3.05) is 13.2 Å². The van der Waals surface area contributed by atoms with E-state index < -0.39 is 6.10 Å². The Kier molecular flexibility index (Phi) is 6.10. The summed E-state index contributed by atoms with van der Waals surface area (Å²) in [4.78, 5) is 11.9. The predicted octanol–water partition coefficient (Wildman–Crippen LogP) is 3.30. The lowest BCUT2D eigenvalue weighted by atomic mass is 10.3. The lowest BCUT2D eigenvalue weighted by Gasteiger charge is -2.15. The van der Waals surface area contributed by atoms with Crippen LogP contribution >= 0.6 is 11.6 Å². The topological polar surface area (TPSA) is 47.6 Å². The summed E-state index contributed by atoms with van der Waals surface area (Å²) in [6.45, 7) is 2.48. The van der Waals surface area contributed by atoms with Crippen molar-refractivity contribution in [3.63, 3.8) is 0 Å². The van der Waals surface area contributed by atoms with Crippen molar-refractivity contribution in [2.24, 2.45) is 0 Å². The molecule has 0 aliphatic heterocycles. The van der Waals surface area contributed by atoms with Crippen molar-refractivity contribution < 1.29 is 14.3 Å². The third kappa shape index (κ3) is 4.97. The number of amides is 1. The van der Waals surface area contributed by atoms with Crippen LogP contribution in [0.15, 0.2) is 54.6 Å². The summed E-state index contributed by atoms with van der Waals surface area (Å²) in [5.41, 5.74) is 0.